The number of hydrogen-bond acceptors (Lipinski definition) is 4. The molecule has 0 fully saturated rings. The molecule has 0 aliphatic rings. The minimum Gasteiger partial charge on any atom is -0.468 e. The van der Waals surface area contributed by atoms with Crippen LogP contribution in [-0.2, 0) is 14.3 Å². The van der Waals surface area contributed by atoms with Gasteiger partial charge in [-0.1, -0.05) is 44.2 Å². The predicted molar refractivity (Wildman–Crippen MR) is 79.5 cm³/mol. The molecule has 1 aromatic rings. The maximum atomic E-state index is 11.9. The molecule has 0 saturated carbocycles. The summed E-state index contributed by atoms with van der Waals surface area (Å²) < 4.78 is 10.1. The number of benzene rings is 1. The Labute approximate surface area is 121 Å². The summed E-state index contributed by atoms with van der Waals surface area (Å²) in [7, 11) is 3.08. The van der Waals surface area contributed by atoms with Crippen LogP contribution in [0.15, 0.2) is 30.3 Å². The number of methoxy groups -OCH3 is 2. The number of hydrogen-bond donors (Lipinski definition) is 1. The van der Waals surface area contributed by atoms with E-state index in [4.69, 9.17) is 9.47 Å². The molecule has 1 N–H and O–H groups in total. The Morgan fingerprint density at radius 1 is 1.20 bits per heavy atom. The second-order valence-corrected chi connectivity index (χ2v) is 5.29. The topological polar surface area (TPSA) is 47.6 Å². The van der Waals surface area contributed by atoms with Crippen LogP contribution >= 0.6 is 0 Å². The lowest BCUT2D eigenvalue weighted by atomic mass is 10.0. The summed E-state index contributed by atoms with van der Waals surface area (Å²) in [6.45, 7) is 4.69. The van der Waals surface area contributed by atoms with Crippen molar-refractivity contribution in [1.29, 1.82) is 0 Å². The van der Waals surface area contributed by atoms with Crippen LogP contribution in [0.5, 0.6) is 0 Å². The molecule has 1 rings (SSSR count). The van der Waals surface area contributed by atoms with Gasteiger partial charge in [0.25, 0.3) is 0 Å². The molecule has 0 heterocycles. The molecule has 0 bridgehead atoms. The van der Waals surface area contributed by atoms with Gasteiger partial charge >= 0.3 is 5.97 Å². The highest BCUT2D eigenvalue weighted by Crippen LogP contribution is 2.16. The molecule has 0 aliphatic carbocycles. The first-order valence-corrected chi connectivity index (χ1v) is 6.96. The number of carbonyl (C=O) groups excluding carboxylic acids is 1. The molecule has 2 atom stereocenters. The fourth-order valence-corrected chi connectivity index (χ4v) is 2.18. The van der Waals surface area contributed by atoms with E-state index in [2.05, 4.69) is 19.2 Å². The zero-order valence-corrected chi connectivity index (χ0v) is 12.8. The van der Waals surface area contributed by atoms with Crippen LogP contribution in [0.25, 0.3) is 0 Å². The zero-order chi connectivity index (χ0) is 15.0. The number of carbonyl (C=O) groups is 1. The second-order valence-electron chi connectivity index (χ2n) is 5.29. The van der Waals surface area contributed by atoms with Gasteiger partial charge in [-0.3, -0.25) is 10.1 Å². The van der Waals surface area contributed by atoms with Gasteiger partial charge in [0, 0.05) is 7.11 Å². The lowest BCUT2D eigenvalue weighted by molar-refractivity contribution is -0.144. The van der Waals surface area contributed by atoms with E-state index in [1.54, 1.807) is 7.11 Å². The minimum atomic E-state index is -0.319. The summed E-state index contributed by atoms with van der Waals surface area (Å²) in [6.07, 6.45) is 0.736. The molecule has 0 saturated heterocycles. The van der Waals surface area contributed by atoms with Crippen molar-refractivity contribution in [3.63, 3.8) is 0 Å². The van der Waals surface area contributed by atoms with Crippen LogP contribution in [0, 0.1) is 5.92 Å². The molecule has 0 amide bonds. The Kier molecular flexibility index (Phi) is 7.26. The molecule has 4 nitrogen and oxygen atoms in total. The average Bonchev–Trinajstić information content (AvgIpc) is 2.45. The standard InChI is InChI=1S/C16H25NO3/c1-12(2)10-14(16(18)20-4)17-15(11-19-3)13-8-6-5-7-9-13/h5-9,12,14-15,17H,10-11H2,1-4H3. The molecule has 112 valence electrons. The molecule has 20 heavy (non-hydrogen) atoms. The molecular formula is C16H25NO3. The molecule has 0 radical (unpaired) electrons. The van der Waals surface area contributed by atoms with E-state index in [9.17, 15) is 4.79 Å². The van der Waals surface area contributed by atoms with Crippen molar-refractivity contribution >= 4 is 5.97 Å². The number of esters is 1. The normalized spacial score (nSPS) is 14.1. The first-order valence-electron chi connectivity index (χ1n) is 6.96. The van der Waals surface area contributed by atoms with Crippen LogP contribution in [0.3, 0.4) is 0 Å². The lowest BCUT2D eigenvalue weighted by Gasteiger charge is -2.25. The van der Waals surface area contributed by atoms with E-state index in [0.717, 1.165) is 12.0 Å². The van der Waals surface area contributed by atoms with Gasteiger partial charge in [-0.15, -0.1) is 0 Å². The minimum absolute atomic E-state index is 0.0240. The Morgan fingerprint density at radius 2 is 1.85 bits per heavy atom. The summed E-state index contributed by atoms with van der Waals surface area (Å²) in [5.41, 5.74) is 1.10. The largest absolute Gasteiger partial charge is 0.468 e. The van der Waals surface area contributed by atoms with Crippen LogP contribution in [0.2, 0.25) is 0 Å². The molecule has 0 aromatic heterocycles. The van der Waals surface area contributed by atoms with Gasteiger partial charge in [-0.25, -0.2) is 0 Å². The Balaban J connectivity index is 2.82. The highest BCUT2D eigenvalue weighted by molar-refractivity contribution is 5.75. The van der Waals surface area contributed by atoms with Crippen molar-refractivity contribution in [3.05, 3.63) is 35.9 Å². The SMILES string of the molecule is COCC(NC(CC(C)C)C(=O)OC)c1ccccc1. The molecule has 0 spiro atoms. The number of rotatable bonds is 8. The van der Waals surface area contributed by atoms with Crippen molar-refractivity contribution in [3.8, 4) is 0 Å². The summed E-state index contributed by atoms with van der Waals surface area (Å²) in [5, 5.41) is 3.35. The third-order valence-electron chi connectivity index (χ3n) is 3.13. The van der Waals surface area contributed by atoms with E-state index >= 15 is 0 Å². The maximum absolute atomic E-state index is 11.9. The number of ether oxygens (including phenoxy) is 2. The van der Waals surface area contributed by atoms with Crippen LogP contribution in [0.1, 0.15) is 31.9 Å². The van der Waals surface area contributed by atoms with Gasteiger partial charge in [0.1, 0.15) is 6.04 Å². The fraction of sp³-hybridized carbons (Fsp3) is 0.562. The van der Waals surface area contributed by atoms with Crippen molar-refractivity contribution in [2.45, 2.75) is 32.4 Å². The molecule has 2 unspecified atom stereocenters. The predicted octanol–water partition coefficient (Wildman–Crippen LogP) is 2.55. The van der Waals surface area contributed by atoms with Gasteiger partial charge in [-0.05, 0) is 17.9 Å². The monoisotopic (exact) mass is 279 g/mol. The second kappa shape index (κ2) is 8.72. The summed E-state index contributed by atoms with van der Waals surface area (Å²) >= 11 is 0. The maximum Gasteiger partial charge on any atom is 0.322 e. The van der Waals surface area contributed by atoms with E-state index in [0.29, 0.717) is 12.5 Å². The van der Waals surface area contributed by atoms with Crippen molar-refractivity contribution in [1.82, 2.24) is 5.32 Å². The first-order chi connectivity index (χ1) is 9.58. The van der Waals surface area contributed by atoms with E-state index in [1.807, 2.05) is 30.3 Å². The Morgan fingerprint density at radius 3 is 2.35 bits per heavy atom. The Bertz CT molecular complexity index is 392. The van der Waals surface area contributed by atoms with Crippen LogP contribution < -0.4 is 5.32 Å². The summed E-state index contributed by atoms with van der Waals surface area (Å²) in [6, 6.07) is 9.65. The summed E-state index contributed by atoms with van der Waals surface area (Å²) in [5.74, 6) is 0.182. The molecular weight excluding hydrogens is 254 g/mol. The van der Waals surface area contributed by atoms with E-state index < -0.39 is 0 Å². The van der Waals surface area contributed by atoms with Gasteiger partial charge in [0.05, 0.1) is 19.8 Å². The van der Waals surface area contributed by atoms with Crippen molar-refractivity contribution < 1.29 is 14.3 Å². The molecule has 0 aliphatic heterocycles. The van der Waals surface area contributed by atoms with E-state index in [1.165, 1.54) is 7.11 Å². The van der Waals surface area contributed by atoms with Gasteiger partial charge in [-0.2, -0.15) is 0 Å². The first kappa shape index (κ1) is 16.7. The van der Waals surface area contributed by atoms with E-state index in [-0.39, 0.29) is 18.1 Å². The quantitative estimate of drug-likeness (QED) is 0.743. The molecule has 4 heteroatoms. The lowest BCUT2D eigenvalue weighted by Crippen LogP contribution is -2.42. The van der Waals surface area contributed by atoms with Gasteiger partial charge in [0.2, 0.25) is 0 Å². The fourth-order valence-electron chi connectivity index (χ4n) is 2.18. The van der Waals surface area contributed by atoms with Crippen molar-refractivity contribution in [2.75, 3.05) is 20.8 Å². The third kappa shape index (κ3) is 5.31. The van der Waals surface area contributed by atoms with Gasteiger partial charge < -0.3 is 9.47 Å². The molecule has 1 aromatic carbocycles. The Hall–Kier alpha value is -1.39. The van der Waals surface area contributed by atoms with Gasteiger partial charge in [0.15, 0.2) is 0 Å². The third-order valence-corrected chi connectivity index (χ3v) is 3.13. The summed E-state index contributed by atoms with van der Waals surface area (Å²) in [4.78, 5) is 11.9. The number of nitrogens with one attached hydrogen (secondary N) is 1. The van der Waals surface area contributed by atoms with Crippen LogP contribution in [-0.4, -0.2) is 32.8 Å². The highest BCUT2D eigenvalue weighted by atomic mass is 16.5. The highest BCUT2D eigenvalue weighted by Gasteiger charge is 2.24. The average molecular weight is 279 g/mol. The zero-order valence-electron chi connectivity index (χ0n) is 12.8. The van der Waals surface area contributed by atoms with Crippen molar-refractivity contribution in [2.24, 2.45) is 5.92 Å². The smallest absolute Gasteiger partial charge is 0.322 e. The van der Waals surface area contributed by atoms with Crippen LogP contribution in [0.4, 0.5) is 0 Å².